The lowest BCUT2D eigenvalue weighted by molar-refractivity contribution is -0.140. The Balaban J connectivity index is 1.31. The van der Waals surface area contributed by atoms with Crippen molar-refractivity contribution in [1.82, 2.24) is 24.6 Å². The highest BCUT2D eigenvalue weighted by atomic mass is 32.2. The quantitative estimate of drug-likeness (QED) is 0.350. The van der Waals surface area contributed by atoms with Gasteiger partial charge in [-0.1, -0.05) is 12.1 Å². The SMILES string of the molecule is O=C(CCc1ccc(S(=O)(=O)c2ccc3nc(C(F)(F)F)cn3c2)cc1)c1cnc2[nH]ncc2c1. The molecule has 1 N–H and O–H groups in total. The van der Waals surface area contributed by atoms with Crippen LogP contribution in [0.1, 0.15) is 28.0 Å². The van der Waals surface area contributed by atoms with E-state index in [-0.39, 0.29) is 27.6 Å². The topological polar surface area (TPSA) is 110 Å². The van der Waals surface area contributed by atoms with Gasteiger partial charge >= 0.3 is 6.18 Å². The number of hydrogen-bond donors (Lipinski definition) is 1. The van der Waals surface area contributed by atoms with Gasteiger partial charge < -0.3 is 4.40 Å². The number of Topliss-reactive ketones (excluding diaryl/α,β-unsaturated/α-hetero) is 1. The van der Waals surface area contributed by atoms with Crippen molar-refractivity contribution in [2.24, 2.45) is 0 Å². The summed E-state index contributed by atoms with van der Waals surface area (Å²) in [4.78, 5) is 20.0. The molecule has 0 aliphatic rings. The fourth-order valence-electron chi connectivity index (χ4n) is 3.63. The monoisotopic (exact) mass is 499 g/mol. The van der Waals surface area contributed by atoms with E-state index in [1.54, 1.807) is 24.4 Å². The maximum absolute atomic E-state index is 13.0. The number of benzene rings is 1. The molecule has 0 amide bonds. The van der Waals surface area contributed by atoms with Crippen LogP contribution in [0.5, 0.6) is 0 Å². The fraction of sp³-hybridized carbons (Fsp3) is 0.130. The van der Waals surface area contributed by atoms with Crippen molar-refractivity contribution < 1.29 is 26.4 Å². The number of fused-ring (bicyclic) bond motifs is 2. The fourth-order valence-corrected chi connectivity index (χ4v) is 4.90. The van der Waals surface area contributed by atoms with Gasteiger partial charge in [0.15, 0.2) is 17.1 Å². The minimum atomic E-state index is -4.63. The molecule has 0 bridgehead atoms. The van der Waals surface area contributed by atoms with Crippen molar-refractivity contribution in [1.29, 1.82) is 0 Å². The number of aryl methyl sites for hydroxylation is 1. The van der Waals surface area contributed by atoms with E-state index < -0.39 is 21.7 Å². The van der Waals surface area contributed by atoms with E-state index in [1.807, 2.05) is 0 Å². The molecule has 0 aliphatic heterocycles. The van der Waals surface area contributed by atoms with Gasteiger partial charge in [0, 0.05) is 36.0 Å². The van der Waals surface area contributed by atoms with Crippen LogP contribution in [0.2, 0.25) is 0 Å². The van der Waals surface area contributed by atoms with Crippen LogP contribution in [0, 0.1) is 0 Å². The van der Waals surface area contributed by atoms with Crippen LogP contribution in [0.15, 0.2) is 77.0 Å². The lowest BCUT2D eigenvalue weighted by atomic mass is 10.0. The van der Waals surface area contributed by atoms with Crippen LogP contribution < -0.4 is 0 Å². The van der Waals surface area contributed by atoms with Crippen molar-refractivity contribution in [2.75, 3.05) is 0 Å². The number of rotatable bonds is 6. The van der Waals surface area contributed by atoms with E-state index >= 15 is 0 Å². The summed E-state index contributed by atoms with van der Waals surface area (Å²) in [5.41, 5.74) is 0.687. The number of ketones is 1. The number of halogens is 3. The molecule has 35 heavy (non-hydrogen) atoms. The third kappa shape index (κ3) is 4.39. The van der Waals surface area contributed by atoms with Gasteiger partial charge in [-0.2, -0.15) is 18.3 Å². The van der Waals surface area contributed by atoms with Gasteiger partial charge in [0.1, 0.15) is 5.65 Å². The molecule has 5 aromatic rings. The number of alkyl halides is 3. The first kappa shape index (κ1) is 22.7. The van der Waals surface area contributed by atoms with E-state index in [9.17, 15) is 26.4 Å². The number of aromatic amines is 1. The summed E-state index contributed by atoms with van der Waals surface area (Å²) >= 11 is 0. The first-order valence-corrected chi connectivity index (χ1v) is 11.8. The maximum Gasteiger partial charge on any atom is 0.434 e. The van der Waals surface area contributed by atoms with Crippen molar-refractivity contribution >= 4 is 32.3 Å². The molecule has 12 heteroatoms. The molecule has 5 rings (SSSR count). The summed E-state index contributed by atoms with van der Waals surface area (Å²) in [5.74, 6) is -0.107. The Morgan fingerprint density at radius 3 is 2.49 bits per heavy atom. The molecule has 0 spiro atoms. The lowest BCUT2D eigenvalue weighted by Gasteiger charge is -2.07. The summed E-state index contributed by atoms with van der Waals surface area (Å²) in [7, 11) is -3.98. The first-order chi connectivity index (χ1) is 16.6. The van der Waals surface area contributed by atoms with E-state index in [2.05, 4.69) is 20.2 Å². The molecule has 0 saturated heterocycles. The number of hydrogen-bond acceptors (Lipinski definition) is 6. The normalized spacial score (nSPS) is 12.4. The van der Waals surface area contributed by atoms with Crippen LogP contribution in [0.25, 0.3) is 16.7 Å². The number of carbonyl (C=O) groups is 1. The molecule has 0 fully saturated rings. The third-order valence-electron chi connectivity index (χ3n) is 5.51. The third-order valence-corrected chi connectivity index (χ3v) is 7.27. The Kier molecular flexibility index (Phi) is 5.39. The minimum absolute atomic E-state index is 0.0154. The zero-order chi connectivity index (χ0) is 24.8. The molecular formula is C23H16F3N5O3S. The highest BCUT2D eigenvalue weighted by Crippen LogP contribution is 2.29. The number of sulfone groups is 1. The Labute approximate surface area is 196 Å². The molecule has 0 unspecified atom stereocenters. The largest absolute Gasteiger partial charge is 0.434 e. The van der Waals surface area contributed by atoms with E-state index in [4.69, 9.17) is 0 Å². The zero-order valence-electron chi connectivity index (χ0n) is 17.8. The average molecular weight is 499 g/mol. The molecule has 1 aromatic carbocycles. The predicted octanol–water partition coefficient (Wildman–Crippen LogP) is 4.27. The number of H-pyrrole nitrogens is 1. The standard InChI is InChI=1S/C23H16F3N5O3S/c24-23(25,26)20-13-31-12-18(6-8-21(31)29-20)35(33,34)17-4-1-14(2-5-17)3-7-19(32)15-9-16-11-28-30-22(16)27-10-15/h1-2,4-6,8-13H,3,7H2,(H,27,28,30). The molecular weight excluding hydrogens is 483 g/mol. The maximum atomic E-state index is 13.0. The molecule has 0 atom stereocenters. The number of aromatic nitrogens is 5. The molecule has 0 radical (unpaired) electrons. The zero-order valence-corrected chi connectivity index (χ0v) is 18.6. The summed E-state index contributed by atoms with van der Waals surface area (Å²) in [6, 6.07) is 10.2. The van der Waals surface area contributed by atoms with Crippen LogP contribution in [-0.4, -0.2) is 38.8 Å². The summed E-state index contributed by atoms with van der Waals surface area (Å²) in [5, 5.41) is 7.32. The van der Waals surface area contributed by atoms with E-state index in [0.717, 1.165) is 27.7 Å². The average Bonchev–Trinajstić information content (AvgIpc) is 3.48. The molecule has 0 aliphatic carbocycles. The number of pyridine rings is 2. The Morgan fingerprint density at radius 2 is 1.74 bits per heavy atom. The van der Waals surface area contributed by atoms with Gasteiger partial charge in [-0.3, -0.25) is 9.89 Å². The van der Waals surface area contributed by atoms with Gasteiger partial charge in [0.2, 0.25) is 9.84 Å². The molecule has 0 saturated carbocycles. The second-order valence-corrected chi connectivity index (χ2v) is 9.81. The van der Waals surface area contributed by atoms with Crippen molar-refractivity contribution in [3.05, 3.63) is 84.1 Å². The van der Waals surface area contributed by atoms with Gasteiger partial charge in [0.25, 0.3) is 0 Å². The number of carbonyl (C=O) groups excluding carboxylic acids is 1. The van der Waals surface area contributed by atoms with E-state index in [0.29, 0.717) is 17.6 Å². The second-order valence-electron chi connectivity index (χ2n) is 7.86. The Hall–Kier alpha value is -4.06. The summed E-state index contributed by atoms with van der Waals surface area (Å²) < 4.78 is 65.7. The van der Waals surface area contributed by atoms with E-state index in [1.165, 1.54) is 30.5 Å². The van der Waals surface area contributed by atoms with Gasteiger partial charge in [-0.15, -0.1) is 0 Å². The smallest absolute Gasteiger partial charge is 0.305 e. The van der Waals surface area contributed by atoms with Crippen LogP contribution in [-0.2, 0) is 22.4 Å². The molecule has 4 aromatic heterocycles. The molecule has 178 valence electrons. The van der Waals surface area contributed by atoms with Crippen LogP contribution in [0.3, 0.4) is 0 Å². The minimum Gasteiger partial charge on any atom is -0.305 e. The lowest BCUT2D eigenvalue weighted by Crippen LogP contribution is -2.05. The highest BCUT2D eigenvalue weighted by molar-refractivity contribution is 7.91. The second kappa shape index (κ2) is 8.31. The van der Waals surface area contributed by atoms with Gasteiger partial charge in [-0.05, 0) is 42.3 Å². The molecule has 8 nitrogen and oxygen atoms in total. The van der Waals surface area contributed by atoms with Crippen molar-refractivity contribution in [3.8, 4) is 0 Å². The summed E-state index contributed by atoms with van der Waals surface area (Å²) in [6.07, 6.45) is 0.870. The predicted molar refractivity (Wildman–Crippen MR) is 119 cm³/mol. The van der Waals surface area contributed by atoms with Gasteiger partial charge in [-0.25, -0.2) is 18.4 Å². The highest BCUT2D eigenvalue weighted by Gasteiger charge is 2.34. The van der Waals surface area contributed by atoms with Crippen molar-refractivity contribution in [2.45, 2.75) is 28.8 Å². The number of nitrogens with one attached hydrogen (secondary N) is 1. The van der Waals surface area contributed by atoms with Crippen molar-refractivity contribution in [3.63, 3.8) is 0 Å². The number of nitrogens with zero attached hydrogens (tertiary/aromatic N) is 4. The van der Waals surface area contributed by atoms with Gasteiger partial charge in [0.05, 0.1) is 16.0 Å². The Morgan fingerprint density at radius 1 is 1.00 bits per heavy atom. The molecule has 4 heterocycles. The first-order valence-electron chi connectivity index (χ1n) is 10.3. The summed E-state index contributed by atoms with van der Waals surface area (Å²) in [6.45, 7) is 0. The Bertz CT molecular complexity index is 1670. The van der Waals surface area contributed by atoms with Crippen LogP contribution >= 0.6 is 0 Å². The van der Waals surface area contributed by atoms with Crippen LogP contribution in [0.4, 0.5) is 13.2 Å². The number of imidazole rings is 1.